The van der Waals surface area contributed by atoms with Crippen molar-refractivity contribution in [3.8, 4) is 0 Å². The molecule has 7 heteroatoms. The van der Waals surface area contributed by atoms with E-state index in [1.54, 1.807) is 18.2 Å². The van der Waals surface area contributed by atoms with Crippen LogP contribution in [0.4, 0.5) is 23.2 Å². The third-order valence-corrected chi connectivity index (χ3v) is 3.11. The van der Waals surface area contributed by atoms with Crippen molar-refractivity contribution in [3.05, 3.63) is 29.8 Å². The van der Waals surface area contributed by atoms with E-state index >= 15 is 0 Å². The lowest BCUT2D eigenvalue weighted by Gasteiger charge is -2.26. The summed E-state index contributed by atoms with van der Waals surface area (Å²) in [5, 5.41) is 0. The van der Waals surface area contributed by atoms with Crippen LogP contribution in [-0.4, -0.2) is 29.2 Å². The van der Waals surface area contributed by atoms with Crippen LogP contribution in [0.1, 0.15) is 18.4 Å². The lowest BCUT2D eigenvalue weighted by atomic mass is 10.1. The number of alkyl halides is 4. The molecule has 1 saturated carbocycles. The molecule has 0 saturated heterocycles. The van der Waals surface area contributed by atoms with Crippen LogP contribution in [0, 0.1) is 0 Å². The lowest BCUT2D eigenvalue weighted by molar-refractivity contribution is -0.181. The van der Waals surface area contributed by atoms with Crippen LogP contribution >= 0.6 is 0 Å². The molecule has 0 bridgehead atoms. The number of carbonyl (C=O) groups excluding carboxylic acids is 1. The van der Waals surface area contributed by atoms with E-state index < -0.39 is 24.3 Å². The predicted octanol–water partition coefficient (Wildman–Crippen LogP) is 2.66. The number of amides is 1. The van der Waals surface area contributed by atoms with E-state index in [-0.39, 0.29) is 6.54 Å². The second-order valence-corrected chi connectivity index (χ2v) is 4.83. The van der Waals surface area contributed by atoms with Gasteiger partial charge in [-0.25, -0.2) is 8.78 Å². The quantitative estimate of drug-likeness (QED) is 0.669. The molecule has 3 nitrogen and oxygen atoms in total. The molecule has 0 spiro atoms. The minimum atomic E-state index is -4.65. The van der Waals surface area contributed by atoms with Gasteiger partial charge in [0.2, 0.25) is 0 Å². The van der Waals surface area contributed by atoms with Crippen LogP contribution in [0.15, 0.2) is 24.3 Å². The van der Waals surface area contributed by atoms with Gasteiger partial charge in [0.15, 0.2) is 0 Å². The molecule has 0 heterocycles. The Morgan fingerprint density at radius 3 is 2.55 bits per heavy atom. The van der Waals surface area contributed by atoms with Gasteiger partial charge in [-0.3, -0.25) is 4.79 Å². The smallest absolute Gasteiger partial charge is 0.383 e. The minimum Gasteiger partial charge on any atom is -0.399 e. The van der Waals surface area contributed by atoms with Crippen molar-refractivity contribution in [1.82, 2.24) is 4.90 Å². The molecule has 2 rings (SSSR count). The van der Waals surface area contributed by atoms with Crippen molar-refractivity contribution in [2.75, 3.05) is 5.73 Å². The summed E-state index contributed by atoms with van der Waals surface area (Å²) in [6, 6.07) is 5.97. The van der Waals surface area contributed by atoms with Crippen LogP contribution in [-0.2, 0) is 11.3 Å². The number of benzene rings is 1. The molecule has 1 aliphatic rings. The third-order valence-electron chi connectivity index (χ3n) is 3.11. The van der Waals surface area contributed by atoms with Gasteiger partial charge < -0.3 is 10.6 Å². The Balaban J connectivity index is 2.18. The van der Waals surface area contributed by atoms with Crippen molar-refractivity contribution in [2.24, 2.45) is 0 Å². The molecule has 20 heavy (non-hydrogen) atoms. The van der Waals surface area contributed by atoms with Gasteiger partial charge in [-0.15, -0.1) is 0 Å². The number of nitrogens with zero attached hydrogens (tertiary/aromatic N) is 1. The Morgan fingerprint density at radius 1 is 1.40 bits per heavy atom. The van der Waals surface area contributed by atoms with Crippen molar-refractivity contribution >= 4 is 11.6 Å². The number of hydrogen-bond acceptors (Lipinski definition) is 2. The molecule has 0 atom stereocenters. The molecular weight excluding hydrogens is 276 g/mol. The number of hydrogen-bond donors (Lipinski definition) is 1. The molecule has 1 fully saturated rings. The Bertz CT molecular complexity index is 503. The van der Waals surface area contributed by atoms with Crippen molar-refractivity contribution in [1.29, 1.82) is 0 Å². The topological polar surface area (TPSA) is 46.3 Å². The largest absolute Gasteiger partial charge is 0.399 e. The summed E-state index contributed by atoms with van der Waals surface area (Å²) in [6.45, 7) is -0.142. The van der Waals surface area contributed by atoms with E-state index in [2.05, 4.69) is 0 Å². The molecular formula is C13H14F4N2O. The number of rotatable bonds is 5. The molecule has 0 radical (unpaired) electrons. The van der Waals surface area contributed by atoms with E-state index in [1.165, 1.54) is 6.07 Å². The standard InChI is InChI=1S/C13H14F4N2O/c14-11(15)13(16,17)12(20)19(10-4-5-10)7-8-2-1-3-9(18)6-8/h1-3,6,10-11H,4-5,7,18H2. The van der Waals surface area contributed by atoms with Gasteiger partial charge in [-0.05, 0) is 30.5 Å². The van der Waals surface area contributed by atoms with Gasteiger partial charge in [0.25, 0.3) is 5.91 Å². The normalized spacial score (nSPS) is 15.4. The van der Waals surface area contributed by atoms with Crippen molar-refractivity contribution < 1.29 is 22.4 Å². The maximum atomic E-state index is 13.2. The minimum absolute atomic E-state index is 0.142. The van der Waals surface area contributed by atoms with E-state index in [0.29, 0.717) is 24.1 Å². The molecule has 1 aromatic carbocycles. The molecule has 2 N–H and O–H groups in total. The number of carbonyl (C=O) groups is 1. The molecule has 110 valence electrons. The molecule has 0 aromatic heterocycles. The Hall–Kier alpha value is -1.79. The first kappa shape index (κ1) is 14.6. The Labute approximate surface area is 113 Å². The number of nitrogen functional groups attached to an aromatic ring is 1. The van der Waals surface area contributed by atoms with E-state index in [1.807, 2.05) is 0 Å². The summed E-state index contributed by atoms with van der Waals surface area (Å²) in [4.78, 5) is 12.5. The van der Waals surface area contributed by atoms with Crippen LogP contribution < -0.4 is 5.73 Å². The highest BCUT2D eigenvalue weighted by molar-refractivity contribution is 5.84. The monoisotopic (exact) mass is 290 g/mol. The average Bonchev–Trinajstić information content (AvgIpc) is 3.19. The summed E-state index contributed by atoms with van der Waals surface area (Å²) in [7, 11) is 0. The maximum absolute atomic E-state index is 13.2. The summed E-state index contributed by atoms with van der Waals surface area (Å²) in [5.41, 5.74) is 6.52. The van der Waals surface area contributed by atoms with Crippen molar-refractivity contribution in [3.63, 3.8) is 0 Å². The van der Waals surface area contributed by atoms with E-state index in [9.17, 15) is 22.4 Å². The van der Waals surface area contributed by atoms with Crippen LogP contribution in [0.3, 0.4) is 0 Å². The Morgan fingerprint density at radius 2 is 2.05 bits per heavy atom. The van der Waals surface area contributed by atoms with E-state index in [4.69, 9.17) is 5.73 Å². The summed E-state index contributed by atoms with van der Waals surface area (Å²) in [6.07, 6.45) is -2.90. The number of halogens is 4. The van der Waals surface area contributed by atoms with Gasteiger partial charge in [0.05, 0.1) is 0 Å². The Kier molecular flexibility index (Phi) is 3.87. The fourth-order valence-corrected chi connectivity index (χ4v) is 1.93. The fourth-order valence-electron chi connectivity index (χ4n) is 1.93. The van der Waals surface area contributed by atoms with Gasteiger partial charge in [0.1, 0.15) is 0 Å². The maximum Gasteiger partial charge on any atom is 0.383 e. The average molecular weight is 290 g/mol. The summed E-state index contributed by atoms with van der Waals surface area (Å²) in [5.74, 6) is -6.47. The fraction of sp³-hybridized carbons (Fsp3) is 0.462. The number of anilines is 1. The second-order valence-electron chi connectivity index (χ2n) is 4.83. The molecule has 1 aliphatic carbocycles. The number of nitrogens with two attached hydrogens (primary N) is 1. The predicted molar refractivity (Wildman–Crippen MR) is 65.4 cm³/mol. The molecule has 1 amide bonds. The van der Waals surface area contributed by atoms with Gasteiger partial charge >= 0.3 is 12.3 Å². The highest BCUT2D eigenvalue weighted by atomic mass is 19.3. The second kappa shape index (κ2) is 5.30. The van der Waals surface area contributed by atoms with Crippen LogP contribution in [0.5, 0.6) is 0 Å². The summed E-state index contributed by atoms with van der Waals surface area (Å²) < 4.78 is 51.0. The molecule has 0 unspecified atom stereocenters. The van der Waals surface area contributed by atoms with Gasteiger partial charge in [0, 0.05) is 18.3 Å². The van der Waals surface area contributed by atoms with Gasteiger partial charge in [-0.1, -0.05) is 12.1 Å². The molecule has 1 aromatic rings. The first-order valence-electron chi connectivity index (χ1n) is 6.14. The van der Waals surface area contributed by atoms with Crippen LogP contribution in [0.25, 0.3) is 0 Å². The van der Waals surface area contributed by atoms with Gasteiger partial charge in [-0.2, -0.15) is 8.78 Å². The highest BCUT2D eigenvalue weighted by Gasteiger charge is 2.53. The van der Waals surface area contributed by atoms with Crippen LogP contribution in [0.2, 0.25) is 0 Å². The first-order valence-corrected chi connectivity index (χ1v) is 6.14. The van der Waals surface area contributed by atoms with Crippen molar-refractivity contribution in [2.45, 2.75) is 37.8 Å². The lowest BCUT2D eigenvalue weighted by Crippen LogP contribution is -2.48. The SMILES string of the molecule is Nc1cccc(CN(C(=O)C(F)(F)C(F)F)C2CC2)c1. The first-order chi connectivity index (χ1) is 9.32. The zero-order chi connectivity index (χ0) is 14.9. The third kappa shape index (κ3) is 3.02. The zero-order valence-electron chi connectivity index (χ0n) is 10.5. The molecule has 0 aliphatic heterocycles. The summed E-state index contributed by atoms with van der Waals surface area (Å²) >= 11 is 0. The van der Waals surface area contributed by atoms with E-state index in [0.717, 1.165) is 4.90 Å². The highest BCUT2D eigenvalue weighted by Crippen LogP contribution is 2.34. The zero-order valence-corrected chi connectivity index (χ0v) is 10.5.